The zero-order chi connectivity index (χ0) is 10.3. The highest BCUT2D eigenvalue weighted by molar-refractivity contribution is 9.10. The summed E-state index contributed by atoms with van der Waals surface area (Å²) in [6, 6.07) is 0. The number of nitrogens with zero attached hydrogens (tertiary/aromatic N) is 2. The van der Waals surface area contributed by atoms with Gasteiger partial charge in [-0.3, -0.25) is 0 Å². The van der Waals surface area contributed by atoms with E-state index in [0.717, 1.165) is 6.26 Å². The first-order valence-electron chi connectivity index (χ1n) is 3.44. The third-order valence-electron chi connectivity index (χ3n) is 1.84. The Labute approximate surface area is 84.6 Å². The summed E-state index contributed by atoms with van der Waals surface area (Å²) in [6.07, 6.45) is 1.13. The second kappa shape index (κ2) is 3.06. The molecule has 74 valence electrons. The van der Waals surface area contributed by atoms with Gasteiger partial charge in [-0.15, -0.1) is 0 Å². The summed E-state index contributed by atoms with van der Waals surface area (Å²) in [5, 5.41) is 3.46. The molecule has 1 aromatic heterocycles. The fourth-order valence-electron chi connectivity index (χ4n) is 0.609. The molecule has 0 fully saturated rings. The van der Waals surface area contributed by atoms with Gasteiger partial charge in [-0.05, 0) is 34.9 Å². The molecule has 0 unspecified atom stereocenters. The minimum absolute atomic E-state index is 0.0851. The normalized spacial score (nSPS) is 13.2. The van der Waals surface area contributed by atoms with E-state index in [1.807, 2.05) is 0 Å². The van der Waals surface area contributed by atoms with Crippen LogP contribution < -0.4 is 0 Å². The molecule has 7 heteroatoms. The molecule has 0 radical (unpaired) electrons. The van der Waals surface area contributed by atoms with Crippen LogP contribution in [0.2, 0.25) is 0 Å². The van der Waals surface area contributed by atoms with Crippen LogP contribution in [0.25, 0.3) is 0 Å². The monoisotopic (exact) mass is 268 g/mol. The van der Waals surface area contributed by atoms with E-state index >= 15 is 0 Å². The first kappa shape index (κ1) is 10.6. The van der Waals surface area contributed by atoms with Crippen LogP contribution in [-0.4, -0.2) is 24.8 Å². The van der Waals surface area contributed by atoms with E-state index in [1.165, 1.54) is 13.8 Å². The maximum atomic E-state index is 11.3. The van der Waals surface area contributed by atoms with E-state index in [0.29, 0.717) is 0 Å². The van der Waals surface area contributed by atoms with Crippen LogP contribution in [0.5, 0.6) is 0 Å². The van der Waals surface area contributed by atoms with Gasteiger partial charge in [0.1, 0.15) is 4.75 Å². The number of sulfone groups is 1. The largest absolute Gasteiger partial charge is 0.337 e. The van der Waals surface area contributed by atoms with Crippen molar-refractivity contribution < 1.29 is 12.9 Å². The van der Waals surface area contributed by atoms with Gasteiger partial charge in [0.25, 0.3) is 0 Å². The fourth-order valence-corrected chi connectivity index (χ4v) is 1.24. The Kier molecular flexibility index (Phi) is 2.50. The highest BCUT2D eigenvalue weighted by Crippen LogP contribution is 2.27. The second-order valence-corrected chi connectivity index (χ2v) is 6.43. The molecule has 0 aliphatic heterocycles. The molecule has 0 aromatic carbocycles. The third kappa shape index (κ3) is 1.91. The zero-order valence-electron chi connectivity index (χ0n) is 7.41. The van der Waals surface area contributed by atoms with Crippen molar-refractivity contribution in [1.29, 1.82) is 0 Å². The van der Waals surface area contributed by atoms with E-state index in [2.05, 4.69) is 26.1 Å². The molecule has 1 aromatic rings. The molecule has 0 saturated carbocycles. The Morgan fingerprint density at radius 1 is 1.46 bits per heavy atom. The lowest BCUT2D eigenvalue weighted by molar-refractivity contribution is 0.345. The highest BCUT2D eigenvalue weighted by atomic mass is 79.9. The van der Waals surface area contributed by atoms with Crippen LogP contribution in [0.15, 0.2) is 9.26 Å². The Morgan fingerprint density at radius 3 is 2.31 bits per heavy atom. The van der Waals surface area contributed by atoms with Crippen LogP contribution in [0.3, 0.4) is 0 Å². The SMILES string of the molecule is CC(C)(c1nc(Br)no1)S(C)(=O)=O. The van der Waals surface area contributed by atoms with E-state index in [1.54, 1.807) is 0 Å². The summed E-state index contributed by atoms with van der Waals surface area (Å²) in [5.41, 5.74) is 0. The lowest BCUT2D eigenvalue weighted by atomic mass is 10.2. The molecule has 1 rings (SSSR count). The lowest BCUT2D eigenvalue weighted by Gasteiger charge is -2.16. The Bertz CT molecular complexity index is 409. The van der Waals surface area contributed by atoms with Crippen molar-refractivity contribution in [3.05, 3.63) is 10.6 Å². The van der Waals surface area contributed by atoms with Crippen LogP contribution in [0.1, 0.15) is 19.7 Å². The molecule has 13 heavy (non-hydrogen) atoms. The molecular weight excluding hydrogens is 260 g/mol. The van der Waals surface area contributed by atoms with Crippen LogP contribution in [0, 0.1) is 0 Å². The van der Waals surface area contributed by atoms with Crippen molar-refractivity contribution in [3.8, 4) is 0 Å². The predicted octanol–water partition coefficient (Wildman–Crippen LogP) is 1.11. The summed E-state index contributed by atoms with van der Waals surface area (Å²) in [7, 11) is -3.26. The molecule has 1 heterocycles. The van der Waals surface area contributed by atoms with Gasteiger partial charge in [0.05, 0.1) is 0 Å². The topological polar surface area (TPSA) is 73.1 Å². The quantitative estimate of drug-likeness (QED) is 0.804. The minimum atomic E-state index is -3.26. The molecule has 0 amide bonds. The molecular formula is C6H9BrN2O3S. The molecule has 0 aliphatic rings. The van der Waals surface area contributed by atoms with Gasteiger partial charge in [0, 0.05) is 6.26 Å². The lowest BCUT2D eigenvalue weighted by Crippen LogP contribution is -2.28. The first-order chi connectivity index (χ1) is 5.75. The van der Waals surface area contributed by atoms with Crippen molar-refractivity contribution >= 4 is 25.8 Å². The first-order valence-corrected chi connectivity index (χ1v) is 6.13. The van der Waals surface area contributed by atoms with Crippen molar-refractivity contribution in [3.63, 3.8) is 0 Å². The average Bonchev–Trinajstić information content (AvgIpc) is 2.33. The molecule has 0 bridgehead atoms. The zero-order valence-corrected chi connectivity index (χ0v) is 9.81. The predicted molar refractivity (Wildman–Crippen MR) is 49.9 cm³/mol. The molecule has 0 atom stereocenters. The van der Waals surface area contributed by atoms with Crippen molar-refractivity contribution in [2.45, 2.75) is 18.6 Å². The molecule has 0 aliphatic carbocycles. The van der Waals surface area contributed by atoms with E-state index in [4.69, 9.17) is 4.52 Å². The summed E-state index contributed by atoms with van der Waals surface area (Å²) >= 11 is 2.98. The Hall–Kier alpha value is -0.430. The van der Waals surface area contributed by atoms with Crippen LogP contribution in [-0.2, 0) is 14.6 Å². The summed E-state index contributed by atoms with van der Waals surface area (Å²) < 4.78 is 26.5. The number of aromatic nitrogens is 2. The van der Waals surface area contributed by atoms with Gasteiger partial charge in [-0.1, -0.05) is 0 Å². The molecule has 0 spiro atoms. The summed E-state index contributed by atoms with van der Waals surface area (Å²) in [6.45, 7) is 3.03. The average molecular weight is 269 g/mol. The molecule has 0 saturated heterocycles. The van der Waals surface area contributed by atoms with Gasteiger partial charge in [0.15, 0.2) is 9.84 Å². The number of halogens is 1. The van der Waals surface area contributed by atoms with Crippen LogP contribution in [0.4, 0.5) is 0 Å². The van der Waals surface area contributed by atoms with Crippen LogP contribution >= 0.6 is 15.9 Å². The number of hydrogen-bond donors (Lipinski definition) is 0. The van der Waals surface area contributed by atoms with Crippen molar-refractivity contribution in [2.75, 3.05) is 6.26 Å². The maximum absolute atomic E-state index is 11.3. The fraction of sp³-hybridized carbons (Fsp3) is 0.667. The maximum Gasteiger partial charge on any atom is 0.248 e. The van der Waals surface area contributed by atoms with Crippen molar-refractivity contribution in [2.24, 2.45) is 0 Å². The third-order valence-corrected chi connectivity index (χ3v) is 4.19. The van der Waals surface area contributed by atoms with Crippen molar-refractivity contribution in [1.82, 2.24) is 10.1 Å². The smallest absolute Gasteiger partial charge is 0.248 e. The molecule has 0 N–H and O–H groups in total. The second-order valence-electron chi connectivity index (χ2n) is 3.15. The van der Waals surface area contributed by atoms with Gasteiger partial charge in [-0.2, -0.15) is 4.98 Å². The van der Waals surface area contributed by atoms with E-state index < -0.39 is 14.6 Å². The van der Waals surface area contributed by atoms with E-state index in [9.17, 15) is 8.42 Å². The van der Waals surface area contributed by atoms with Gasteiger partial charge >= 0.3 is 0 Å². The number of hydrogen-bond acceptors (Lipinski definition) is 5. The standard InChI is InChI=1S/C6H9BrN2O3S/c1-6(2,13(3,10)11)4-8-5(7)9-12-4/h1-3H3. The summed E-state index contributed by atoms with van der Waals surface area (Å²) in [5.74, 6) is 0.0851. The van der Waals surface area contributed by atoms with Gasteiger partial charge in [0.2, 0.25) is 10.6 Å². The van der Waals surface area contributed by atoms with Gasteiger partial charge < -0.3 is 4.52 Å². The Morgan fingerprint density at radius 2 is 2.00 bits per heavy atom. The number of rotatable bonds is 2. The minimum Gasteiger partial charge on any atom is -0.337 e. The highest BCUT2D eigenvalue weighted by Gasteiger charge is 2.38. The van der Waals surface area contributed by atoms with E-state index in [-0.39, 0.29) is 10.6 Å². The summed E-state index contributed by atoms with van der Waals surface area (Å²) in [4.78, 5) is 3.81. The molecule has 5 nitrogen and oxygen atoms in total. The Balaban J connectivity index is 3.23. The van der Waals surface area contributed by atoms with Gasteiger partial charge in [-0.25, -0.2) is 8.42 Å².